The average molecular weight is 355 g/mol. The molecule has 1 unspecified atom stereocenters. The predicted octanol–water partition coefficient (Wildman–Crippen LogP) is 2.93. The van der Waals surface area contributed by atoms with Crippen LogP contribution in [-0.2, 0) is 11.3 Å². The highest BCUT2D eigenvalue weighted by atomic mass is 32.1. The van der Waals surface area contributed by atoms with E-state index in [-0.39, 0.29) is 11.7 Å². The number of carbonyl (C=O) groups is 1. The zero-order chi connectivity index (χ0) is 17.8. The summed E-state index contributed by atoms with van der Waals surface area (Å²) in [5.74, 6) is -0.580. The Morgan fingerprint density at radius 1 is 1.20 bits per heavy atom. The summed E-state index contributed by atoms with van der Waals surface area (Å²) in [6.45, 7) is 2.20. The van der Waals surface area contributed by atoms with Crippen LogP contribution in [0.4, 0.5) is 4.39 Å². The van der Waals surface area contributed by atoms with Crippen LogP contribution in [0, 0.1) is 5.82 Å². The molecule has 25 heavy (non-hydrogen) atoms. The maximum Gasteiger partial charge on any atom is 0.251 e. The number of nitrogens with one attached hydrogen (secondary N) is 3. The third-order valence-corrected chi connectivity index (χ3v) is 4.21. The maximum atomic E-state index is 13.6. The number of hydrogen-bond donors (Lipinski definition) is 3. The first-order valence-electron chi connectivity index (χ1n) is 7.90. The van der Waals surface area contributed by atoms with Crippen LogP contribution in [0.15, 0.2) is 65.9 Å². The van der Waals surface area contributed by atoms with E-state index in [1.54, 1.807) is 19.1 Å². The van der Waals surface area contributed by atoms with Crippen molar-refractivity contribution in [2.75, 3.05) is 0 Å². The van der Waals surface area contributed by atoms with E-state index in [9.17, 15) is 9.18 Å². The van der Waals surface area contributed by atoms with E-state index < -0.39 is 6.04 Å². The number of amides is 1. The number of thiocarbonyl (C=S) groups is 1. The van der Waals surface area contributed by atoms with E-state index in [4.69, 9.17) is 12.2 Å². The van der Waals surface area contributed by atoms with Crippen LogP contribution >= 0.6 is 12.2 Å². The third-order valence-electron chi connectivity index (χ3n) is 3.99. The van der Waals surface area contributed by atoms with Gasteiger partial charge in [0.2, 0.25) is 0 Å². The first kappa shape index (κ1) is 17.1. The lowest BCUT2D eigenvalue weighted by atomic mass is 9.95. The van der Waals surface area contributed by atoms with E-state index in [1.807, 2.05) is 30.3 Å². The van der Waals surface area contributed by atoms with Crippen LogP contribution in [-0.4, -0.2) is 11.0 Å². The zero-order valence-electron chi connectivity index (χ0n) is 13.7. The van der Waals surface area contributed by atoms with Gasteiger partial charge in [-0.3, -0.25) is 4.79 Å². The van der Waals surface area contributed by atoms with E-state index in [0.717, 1.165) is 5.56 Å². The second-order valence-electron chi connectivity index (χ2n) is 5.79. The van der Waals surface area contributed by atoms with Crippen LogP contribution in [0.3, 0.4) is 0 Å². The summed E-state index contributed by atoms with van der Waals surface area (Å²) in [5.41, 5.74) is 2.80. The number of rotatable bonds is 4. The van der Waals surface area contributed by atoms with Crippen LogP contribution < -0.4 is 16.0 Å². The second kappa shape index (κ2) is 7.44. The molecule has 1 atom stereocenters. The van der Waals surface area contributed by atoms with Gasteiger partial charge >= 0.3 is 0 Å². The second-order valence-corrected chi connectivity index (χ2v) is 6.20. The molecular weight excluding hydrogens is 337 g/mol. The Kier molecular flexibility index (Phi) is 5.09. The molecule has 1 heterocycles. The van der Waals surface area contributed by atoms with Gasteiger partial charge in [-0.25, -0.2) is 4.39 Å². The predicted molar refractivity (Wildman–Crippen MR) is 99.0 cm³/mol. The summed E-state index contributed by atoms with van der Waals surface area (Å²) < 4.78 is 13.6. The molecular formula is C19H18FN3OS. The molecule has 3 rings (SSSR count). The molecule has 1 aliphatic rings. The van der Waals surface area contributed by atoms with Gasteiger partial charge in [0.05, 0.1) is 11.6 Å². The monoisotopic (exact) mass is 355 g/mol. The highest BCUT2D eigenvalue weighted by molar-refractivity contribution is 7.80. The van der Waals surface area contributed by atoms with Gasteiger partial charge in [0.15, 0.2) is 5.11 Å². The lowest BCUT2D eigenvalue weighted by Gasteiger charge is -2.30. The first-order chi connectivity index (χ1) is 12.0. The normalized spacial score (nSPS) is 16.9. The largest absolute Gasteiger partial charge is 0.351 e. The van der Waals surface area contributed by atoms with Gasteiger partial charge in [0, 0.05) is 12.2 Å². The molecule has 0 saturated carbocycles. The summed E-state index contributed by atoms with van der Waals surface area (Å²) in [4.78, 5) is 12.8. The molecule has 1 aliphatic heterocycles. The van der Waals surface area contributed by atoms with Crippen LogP contribution in [0.25, 0.3) is 0 Å². The molecule has 0 bridgehead atoms. The van der Waals surface area contributed by atoms with Crippen molar-refractivity contribution in [1.82, 2.24) is 16.0 Å². The summed E-state index contributed by atoms with van der Waals surface area (Å²) in [6, 6.07) is 15.3. The zero-order valence-corrected chi connectivity index (χ0v) is 14.5. The molecule has 2 aromatic carbocycles. The SMILES string of the molecule is CC1=C(C(=O)NCc2ccccc2)C(c2cccc(F)c2)NC(=S)N1. The fraction of sp³-hybridized carbons (Fsp3) is 0.158. The van der Waals surface area contributed by atoms with E-state index in [1.165, 1.54) is 12.1 Å². The molecule has 0 aliphatic carbocycles. The molecule has 1 amide bonds. The Bertz CT molecular complexity index is 836. The Morgan fingerprint density at radius 2 is 1.96 bits per heavy atom. The standard InChI is InChI=1S/C19H18FN3OS/c1-12-16(18(24)21-11-13-6-3-2-4-7-13)17(23-19(25)22-12)14-8-5-9-15(20)10-14/h2-10,17H,11H2,1H3,(H,21,24)(H2,22,23,25). The summed E-state index contributed by atoms with van der Waals surface area (Å²) in [6.07, 6.45) is 0. The molecule has 0 aromatic heterocycles. The number of hydrogen-bond acceptors (Lipinski definition) is 2. The number of halogens is 1. The number of carbonyl (C=O) groups excluding carboxylic acids is 1. The van der Waals surface area contributed by atoms with Gasteiger partial charge in [-0.15, -0.1) is 0 Å². The Hall–Kier alpha value is -2.73. The molecule has 4 nitrogen and oxygen atoms in total. The third kappa shape index (κ3) is 4.03. The van der Waals surface area contributed by atoms with Gasteiger partial charge in [0.1, 0.15) is 5.82 Å². The Labute approximate surface area is 151 Å². The van der Waals surface area contributed by atoms with Gasteiger partial charge in [-0.05, 0) is 42.4 Å². The highest BCUT2D eigenvalue weighted by Crippen LogP contribution is 2.27. The smallest absolute Gasteiger partial charge is 0.251 e. The van der Waals surface area contributed by atoms with Crippen molar-refractivity contribution in [3.8, 4) is 0 Å². The van der Waals surface area contributed by atoms with E-state index in [2.05, 4.69) is 16.0 Å². The van der Waals surface area contributed by atoms with Gasteiger partial charge < -0.3 is 16.0 Å². The fourth-order valence-corrected chi connectivity index (χ4v) is 3.08. The molecule has 0 fully saturated rings. The van der Waals surface area contributed by atoms with Crippen molar-refractivity contribution in [2.24, 2.45) is 0 Å². The fourth-order valence-electron chi connectivity index (χ4n) is 2.80. The van der Waals surface area contributed by atoms with Gasteiger partial charge in [-0.1, -0.05) is 42.5 Å². The topological polar surface area (TPSA) is 53.2 Å². The number of benzene rings is 2. The maximum absolute atomic E-state index is 13.6. The van der Waals surface area contributed by atoms with E-state index >= 15 is 0 Å². The van der Waals surface area contributed by atoms with Crippen molar-refractivity contribution in [3.05, 3.63) is 82.8 Å². The Balaban J connectivity index is 1.85. The van der Waals surface area contributed by atoms with Crippen molar-refractivity contribution in [1.29, 1.82) is 0 Å². The molecule has 2 aromatic rings. The molecule has 128 valence electrons. The minimum atomic E-state index is -0.500. The molecule has 0 spiro atoms. The van der Waals surface area contributed by atoms with Crippen LogP contribution in [0.2, 0.25) is 0 Å². The van der Waals surface area contributed by atoms with Crippen molar-refractivity contribution in [3.63, 3.8) is 0 Å². The summed E-state index contributed by atoms with van der Waals surface area (Å²) in [5, 5.41) is 9.35. The molecule has 3 N–H and O–H groups in total. The lowest BCUT2D eigenvalue weighted by molar-refractivity contribution is -0.118. The van der Waals surface area contributed by atoms with Crippen molar-refractivity contribution < 1.29 is 9.18 Å². The number of allylic oxidation sites excluding steroid dienone is 1. The molecule has 0 radical (unpaired) electrons. The minimum absolute atomic E-state index is 0.224. The minimum Gasteiger partial charge on any atom is -0.351 e. The van der Waals surface area contributed by atoms with E-state index in [0.29, 0.717) is 28.5 Å². The summed E-state index contributed by atoms with van der Waals surface area (Å²) >= 11 is 5.19. The Morgan fingerprint density at radius 3 is 2.68 bits per heavy atom. The first-order valence-corrected chi connectivity index (χ1v) is 8.31. The lowest BCUT2D eigenvalue weighted by Crippen LogP contribution is -2.46. The van der Waals surface area contributed by atoms with Crippen molar-refractivity contribution in [2.45, 2.75) is 19.5 Å². The summed E-state index contributed by atoms with van der Waals surface area (Å²) in [7, 11) is 0. The average Bonchev–Trinajstić information content (AvgIpc) is 2.60. The highest BCUT2D eigenvalue weighted by Gasteiger charge is 2.29. The molecule has 0 saturated heterocycles. The van der Waals surface area contributed by atoms with Crippen LogP contribution in [0.5, 0.6) is 0 Å². The van der Waals surface area contributed by atoms with Gasteiger partial charge in [-0.2, -0.15) is 0 Å². The van der Waals surface area contributed by atoms with Crippen molar-refractivity contribution >= 4 is 23.2 Å². The van der Waals surface area contributed by atoms with Crippen LogP contribution in [0.1, 0.15) is 24.1 Å². The molecule has 6 heteroatoms. The van der Waals surface area contributed by atoms with Gasteiger partial charge in [0.25, 0.3) is 5.91 Å². The quantitative estimate of drug-likeness (QED) is 0.738.